The number of likely N-dealkylation sites (tertiary alicyclic amines) is 1. The second-order valence-corrected chi connectivity index (χ2v) is 8.50. The molecule has 0 radical (unpaired) electrons. The highest BCUT2D eigenvalue weighted by atomic mass is 32.1. The molecule has 0 aliphatic carbocycles. The van der Waals surface area contributed by atoms with Gasteiger partial charge in [-0.15, -0.1) is 0 Å². The summed E-state index contributed by atoms with van der Waals surface area (Å²) in [6.45, 7) is 5.41. The van der Waals surface area contributed by atoms with E-state index >= 15 is 0 Å². The van der Waals surface area contributed by atoms with E-state index in [-0.39, 0.29) is 12.0 Å². The Hall–Kier alpha value is -2.93. The van der Waals surface area contributed by atoms with Gasteiger partial charge in [0.05, 0.1) is 22.9 Å². The minimum atomic E-state index is -0.410. The lowest BCUT2D eigenvalue weighted by molar-refractivity contribution is 0.0584. The van der Waals surface area contributed by atoms with Gasteiger partial charge in [-0.05, 0) is 49.2 Å². The van der Waals surface area contributed by atoms with Crippen molar-refractivity contribution in [3.05, 3.63) is 58.7 Å². The van der Waals surface area contributed by atoms with Crippen molar-refractivity contribution in [1.29, 1.82) is 0 Å². The summed E-state index contributed by atoms with van der Waals surface area (Å²) in [6, 6.07) is 10.8. The lowest BCUT2D eigenvalue weighted by Gasteiger charge is -2.31. The molecule has 1 fully saturated rings. The minimum Gasteiger partial charge on any atom is -0.467 e. The number of fused-ring (bicyclic) bond motifs is 1. The van der Waals surface area contributed by atoms with Crippen LogP contribution in [0.5, 0.6) is 5.19 Å². The fourth-order valence-corrected chi connectivity index (χ4v) is 4.69. The van der Waals surface area contributed by atoms with Crippen LogP contribution in [0.15, 0.2) is 36.4 Å². The van der Waals surface area contributed by atoms with E-state index < -0.39 is 5.97 Å². The second-order valence-electron chi connectivity index (χ2n) is 7.54. The van der Waals surface area contributed by atoms with Crippen molar-refractivity contribution in [2.45, 2.75) is 32.8 Å². The first-order valence-electron chi connectivity index (χ1n) is 9.97. The van der Waals surface area contributed by atoms with Gasteiger partial charge in [0.25, 0.3) is 11.1 Å². The molecule has 0 bridgehead atoms. The Morgan fingerprint density at radius 1 is 1.00 bits per heavy atom. The Kier molecular flexibility index (Phi) is 5.72. The summed E-state index contributed by atoms with van der Waals surface area (Å²) in [4.78, 5) is 30.8. The van der Waals surface area contributed by atoms with Crippen LogP contribution in [-0.4, -0.2) is 48.1 Å². The molecule has 30 heavy (non-hydrogen) atoms. The second kappa shape index (κ2) is 8.44. The van der Waals surface area contributed by atoms with E-state index in [1.165, 1.54) is 17.4 Å². The van der Waals surface area contributed by atoms with Crippen LogP contribution in [0.4, 0.5) is 0 Å². The number of methoxy groups -OCH3 is 1. The van der Waals surface area contributed by atoms with E-state index in [4.69, 9.17) is 9.47 Å². The molecule has 1 amide bonds. The molecular weight excluding hydrogens is 400 g/mol. The Morgan fingerprint density at radius 2 is 1.63 bits per heavy atom. The SMILES string of the molecule is COC(=O)c1ccc(C(=O)N2CCC(Oc3nc4c(C)ccc(C)c4s3)CC2)cc1. The first kappa shape index (κ1) is 20.3. The van der Waals surface area contributed by atoms with E-state index in [1.54, 1.807) is 35.6 Å². The Bertz CT molecular complexity index is 1040. The molecule has 0 N–H and O–H groups in total. The maximum Gasteiger partial charge on any atom is 0.337 e. The number of aromatic nitrogens is 1. The zero-order chi connectivity index (χ0) is 21.3. The van der Waals surface area contributed by atoms with Crippen molar-refractivity contribution in [1.82, 2.24) is 9.88 Å². The summed E-state index contributed by atoms with van der Waals surface area (Å²) in [7, 11) is 1.34. The number of carbonyl (C=O) groups excluding carboxylic acids is 2. The summed E-state index contributed by atoms with van der Waals surface area (Å²) in [5.41, 5.74) is 4.38. The zero-order valence-electron chi connectivity index (χ0n) is 17.3. The van der Waals surface area contributed by atoms with Crippen molar-refractivity contribution in [2.75, 3.05) is 20.2 Å². The first-order chi connectivity index (χ1) is 14.5. The van der Waals surface area contributed by atoms with Gasteiger partial charge in [-0.1, -0.05) is 23.5 Å². The number of hydrogen-bond acceptors (Lipinski definition) is 6. The molecule has 4 rings (SSSR count). The minimum absolute atomic E-state index is 0.0314. The molecule has 1 aliphatic heterocycles. The first-order valence-corrected chi connectivity index (χ1v) is 10.8. The van der Waals surface area contributed by atoms with Crippen molar-refractivity contribution < 1.29 is 19.1 Å². The lowest BCUT2D eigenvalue weighted by Crippen LogP contribution is -2.41. The fourth-order valence-electron chi connectivity index (χ4n) is 3.66. The van der Waals surface area contributed by atoms with Gasteiger partial charge >= 0.3 is 5.97 Å². The number of thiazole rings is 1. The predicted molar refractivity (Wildman–Crippen MR) is 116 cm³/mol. The fraction of sp³-hybridized carbons (Fsp3) is 0.348. The van der Waals surface area contributed by atoms with Crippen molar-refractivity contribution in [3.63, 3.8) is 0 Å². The molecule has 2 heterocycles. The summed E-state index contributed by atoms with van der Waals surface area (Å²) in [5.74, 6) is -0.441. The van der Waals surface area contributed by atoms with Crippen LogP contribution in [0, 0.1) is 13.8 Å². The molecular formula is C23H24N2O4S. The number of ether oxygens (including phenoxy) is 2. The molecule has 3 aromatic rings. The highest BCUT2D eigenvalue weighted by molar-refractivity contribution is 7.20. The largest absolute Gasteiger partial charge is 0.467 e. The summed E-state index contributed by atoms with van der Waals surface area (Å²) >= 11 is 1.59. The summed E-state index contributed by atoms with van der Waals surface area (Å²) in [6.07, 6.45) is 1.58. The number of rotatable bonds is 4. The zero-order valence-corrected chi connectivity index (χ0v) is 18.1. The number of benzene rings is 2. The molecule has 7 heteroatoms. The normalized spacial score (nSPS) is 14.7. The average molecular weight is 425 g/mol. The van der Waals surface area contributed by atoms with Crippen molar-refractivity contribution >= 4 is 33.4 Å². The van der Waals surface area contributed by atoms with E-state index in [1.807, 2.05) is 4.90 Å². The standard InChI is InChI=1S/C23H24N2O4S/c1-14-4-5-15(2)20-19(14)24-23(30-20)29-18-10-12-25(13-11-18)21(26)16-6-8-17(9-7-16)22(27)28-3/h4-9,18H,10-13H2,1-3H3. The highest BCUT2D eigenvalue weighted by Crippen LogP contribution is 2.33. The van der Waals surface area contributed by atoms with Gasteiger partial charge in [0.15, 0.2) is 0 Å². The summed E-state index contributed by atoms with van der Waals surface area (Å²) in [5, 5.41) is 0.700. The third-order valence-electron chi connectivity index (χ3n) is 5.47. The lowest BCUT2D eigenvalue weighted by atomic mass is 10.1. The maximum atomic E-state index is 12.8. The van der Waals surface area contributed by atoms with Crippen LogP contribution in [0.1, 0.15) is 44.7 Å². The van der Waals surface area contributed by atoms with Gasteiger partial charge in [0.1, 0.15) is 6.10 Å². The topological polar surface area (TPSA) is 68.7 Å². The number of esters is 1. The van der Waals surface area contributed by atoms with E-state index in [2.05, 4.69) is 31.0 Å². The number of carbonyl (C=O) groups is 2. The van der Waals surface area contributed by atoms with Crippen LogP contribution in [0.25, 0.3) is 10.2 Å². The molecule has 1 aliphatic rings. The number of piperidine rings is 1. The van der Waals surface area contributed by atoms with Gasteiger partial charge in [-0.2, -0.15) is 0 Å². The van der Waals surface area contributed by atoms with Crippen LogP contribution >= 0.6 is 11.3 Å². The van der Waals surface area contributed by atoms with Crippen LogP contribution < -0.4 is 4.74 Å². The Morgan fingerprint density at radius 3 is 2.27 bits per heavy atom. The monoisotopic (exact) mass is 424 g/mol. The number of hydrogen-bond donors (Lipinski definition) is 0. The van der Waals surface area contributed by atoms with Gasteiger partial charge in [0.2, 0.25) is 0 Å². The predicted octanol–water partition coefficient (Wildman–Crippen LogP) is 4.38. The molecule has 6 nitrogen and oxygen atoms in total. The quantitative estimate of drug-likeness (QED) is 0.581. The van der Waals surface area contributed by atoms with Gasteiger partial charge in [-0.3, -0.25) is 4.79 Å². The van der Waals surface area contributed by atoms with E-state index in [0.29, 0.717) is 29.4 Å². The van der Waals surface area contributed by atoms with E-state index in [0.717, 1.165) is 23.9 Å². The third-order valence-corrected chi connectivity index (χ3v) is 6.55. The van der Waals surface area contributed by atoms with Crippen molar-refractivity contribution in [3.8, 4) is 5.19 Å². The Labute approximate surface area is 179 Å². The number of aryl methyl sites for hydroxylation is 2. The molecule has 2 aromatic carbocycles. The molecule has 1 saturated heterocycles. The van der Waals surface area contributed by atoms with Crippen LogP contribution in [0.2, 0.25) is 0 Å². The van der Waals surface area contributed by atoms with Gasteiger partial charge < -0.3 is 14.4 Å². The van der Waals surface area contributed by atoms with Gasteiger partial charge in [-0.25, -0.2) is 9.78 Å². The highest BCUT2D eigenvalue weighted by Gasteiger charge is 2.26. The molecule has 0 spiro atoms. The number of nitrogens with zero attached hydrogens (tertiary/aromatic N) is 2. The molecule has 0 saturated carbocycles. The summed E-state index contributed by atoms with van der Waals surface area (Å²) < 4.78 is 12.0. The maximum absolute atomic E-state index is 12.8. The molecule has 156 valence electrons. The van der Waals surface area contributed by atoms with Crippen molar-refractivity contribution in [2.24, 2.45) is 0 Å². The van der Waals surface area contributed by atoms with Gasteiger partial charge in [0, 0.05) is 31.5 Å². The van der Waals surface area contributed by atoms with Crippen LogP contribution in [-0.2, 0) is 4.74 Å². The van der Waals surface area contributed by atoms with E-state index in [9.17, 15) is 9.59 Å². The third kappa shape index (κ3) is 4.03. The van der Waals surface area contributed by atoms with Crippen LogP contribution in [0.3, 0.4) is 0 Å². The molecule has 1 aromatic heterocycles. The average Bonchev–Trinajstić information content (AvgIpc) is 3.21. The smallest absolute Gasteiger partial charge is 0.337 e. The number of amides is 1. The molecule has 0 atom stereocenters. The Balaban J connectivity index is 1.37. The molecule has 0 unspecified atom stereocenters.